The summed E-state index contributed by atoms with van der Waals surface area (Å²) in [4.78, 5) is 11.5. The highest BCUT2D eigenvalue weighted by Crippen LogP contribution is 2.63. The molecule has 21 heavy (non-hydrogen) atoms. The molecule has 1 aromatic carbocycles. The second-order valence-electron chi connectivity index (χ2n) is 5.23. The van der Waals surface area contributed by atoms with E-state index in [-0.39, 0.29) is 5.75 Å². The maximum absolute atomic E-state index is 12.1. The monoisotopic (exact) mass is 307 g/mol. The number of hydrogen-bond donors (Lipinski definition) is 1. The summed E-state index contributed by atoms with van der Waals surface area (Å²) < 4.78 is 24.3. The SMILES string of the molecule is CCc1ccc([C@H]2[C@@H](S(=O)(=O)CC)[C@@]2(C#N)C(=O)O)cc1. The van der Waals surface area contributed by atoms with Crippen LogP contribution in [0.5, 0.6) is 0 Å². The first-order chi connectivity index (χ1) is 9.85. The van der Waals surface area contributed by atoms with Gasteiger partial charge in [-0.1, -0.05) is 38.1 Å². The highest BCUT2D eigenvalue weighted by atomic mass is 32.2. The van der Waals surface area contributed by atoms with E-state index in [1.807, 2.05) is 19.1 Å². The predicted octanol–water partition coefficient (Wildman–Crippen LogP) is 1.74. The molecule has 1 aliphatic rings. The van der Waals surface area contributed by atoms with Crippen molar-refractivity contribution in [2.24, 2.45) is 5.41 Å². The molecule has 0 aliphatic heterocycles. The van der Waals surface area contributed by atoms with Crippen molar-refractivity contribution < 1.29 is 18.3 Å². The molecule has 5 nitrogen and oxygen atoms in total. The number of carboxylic acid groups (broad SMARTS) is 1. The molecular weight excluding hydrogens is 290 g/mol. The Labute approximate surface area is 124 Å². The summed E-state index contributed by atoms with van der Waals surface area (Å²) in [5, 5.41) is 17.5. The number of aryl methyl sites for hydroxylation is 1. The fraction of sp³-hybridized carbons (Fsp3) is 0.467. The van der Waals surface area contributed by atoms with Gasteiger partial charge in [-0.25, -0.2) is 8.42 Å². The van der Waals surface area contributed by atoms with Gasteiger partial charge in [-0.2, -0.15) is 5.26 Å². The van der Waals surface area contributed by atoms with Crippen LogP contribution in [0.4, 0.5) is 0 Å². The third-order valence-electron chi connectivity index (χ3n) is 4.21. The lowest BCUT2D eigenvalue weighted by atomic mass is 9.99. The number of sulfone groups is 1. The minimum atomic E-state index is -3.61. The molecule has 0 heterocycles. The summed E-state index contributed by atoms with van der Waals surface area (Å²) >= 11 is 0. The maximum atomic E-state index is 12.1. The Morgan fingerprint density at radius 2 is 1.90 bits per heavy atom. The highest BCUT2D eigenvalue weighted by Gasteiger charge is 2.76. The molecule has 6 heteroatoms. The van der Waals surface area contributed by atoms with Crippen LogP contribution in [-0.4, -0.2) is 30.5 Å². The molecule has 1 fully saturated rings. The van der Waals surface area contributed by atoms with Gasteiger partial charge in [0.2, 0.25) is 0 Å². The lowest BCUT2D eigenvalue weighted by Gasteiger charge is -2.03. The van der Waals surface area contributed by atoms with Gasteiger partial charge in [0.15, 0.2) is 15.3 Å². The normalized spacial score (nSPS) is 27.9. The number of nitriles is 1. The first-order valence-corrected chi connectivity index (χ1v) is 8.51. The van der Waals surface area contributed by atoms with Gasteiger partial charge in [-0.05, 0) is 17.5 Å². The Hall–Kier alpha value is -1.87. The zero-order valence-electron chi connectivity index (χ0n) is 11.9. The van der Waals surface area contributed by atoms with Crippen molar-refractivity contribution in [3.8, 4) is 6.07 Å². The Morgan fingerprint density at radius 1 is 1.33 bits per heavy atom. The molecule has 2 rings (SSSR count). The second-order valence-corrected chi connectivity index (χ2v) is 7.64. The second kappa shape index (κ2) is 5.15. The van der Waals surface area contributed by atoms with E-state index in [1.165, 1.54) is 6.92 Å². The smallest absolute Gasteiger partial charge is 0.326 e. The summed E-state index contributed by atoms with van der Waals surface area (Å²) in [5.41, 5.74) is -0.187. The van der Waals surface area contributed by atoms with E-state index < -0.39 is 32.4 Å². The van der Waals surface area contributed by atoms with Gasteiger partial charge in [-0.15, -0.1) is 0 Å². The van der Waals surface area contributed by atoms with Crippen LogP contribution in [0.2, 0.25) is 0 Å². The van der Waals surface area contributed by atoms with Gasteiger partial charge in [0.05, 0.1) is 6.07 Å². The first-order valence-electron chi connectivity index (χ1n) is 6.80. The number of carboxylic acids is 1. The van der Waals surface area contributed by atoms with Gasteiger partial charge in [0.1, 0.15) is 5.25 Å². The summed E-state index contributed by atoms with van der Waals surface area (Å²) in [5.74, 6) is -2.33. The van der Waals surface area contributed by atoms with Crippen LogP contribution in [-0.2, 0) is 21.1 Å². The molecule has 1 aliphatic carbocycles. The van der Waals surface area contributed by atoms with Crippen LogP contribution < -0.4 is 0 Å². The van der Waals surface area contributed by atoms with Crippen LogP contribution in [0.3, 0.4) is 0 Å². The Kier molecular flexibility index (Phi) is 3.81. The average Bonchev–Trinajstić information content (AvgIpc) is 3.19. The Morgan fingerprint density at radius 3 is 2.29 bits per heavy atom. The van der Waals surface area contributed by atoms with Gasteiger partial charge in [0, 0.05) is 11.7 Å². The quantitative estimate of drug-likeness (QED) is 0.894. The third-order valence-corrected chi connectivity index (χ3v) is 6.43. The van der Waals surface area contributed by atoms with E-state index in [0.29, 0.717) is 5.56 Å². The lowest BCUT2D eigenvalue weighted by molar-refractivity contribution is -0.141. The minimum absolute atomic E-state index is 0.169. The molecule has 112 valence electrons. The van der Waals surface area contributed by atoms with Crippen LogP contribution in [0.1, 0.15) is 30.9 Å². The Bertz CT molecular complexity index is 702. The van der Waals surface area contributed by atoms with Gasteiger partial charge in [0.25, 0.3) is 0 Å². The largest absolute Gasteiger partial charge is 0.480 e. The molecule has 0 bridgehead atoms. The maximum Gasteiger partial charge on any atom is 0.326 e. The number of hydrogen-bond acceptors (Lipinski definition) is 4. The predicted molar refractivity (Wildman–Crippen MR) is 77.5 cm³/mol. The summed E-state index contributed by atoms with van der Waals surface area (Å²) in [7, 11) is -3.61. The van der Waals surface area contributed by atoms with Crippen molar-refractivity contribution in [2.75, 3.05) is 5.75 Å². The zero-order valence-corrected chi connectivity index (χ0v) is 12.7. The fourth-order valence-corrected chi connectivity index (χ4v) is 4.79. The zero-order chi connectivity index (χ0) is 15.8. The molecule has 0 unspecified atom stereocenters. The number of carbonyl (C=O) groups is 1. The summed E-state index contributed by atoms with van der Waals surface area (Å²) in [6.45, 7) is 3.46. The van der Waals surface area contributed by atoms with Crippen molar-refractivity contribution in [1.29, 1.82) is 5.26 Å². The molecule has 1 saturated carbocycles. The van der Waals surface area contributed by atoms with Gasteiger partial charge >= 0.3 is 5.97 Å². The van der Waals surface area contributed by atoms with Crippen molar-refractivity contribution in [3.05, 3.63) is 35.4 Å². The molecule has 1 aromatic rings. The standard InChI is InChI=1S/C15H17NO4S/c1-3-10-5-7-11(8-6-10)12-13(21(19,20)4-2)15(12,9-16)14(17)18/h5-8,12-13H,3-4H2,1-2H3,(H,17,18)/t12-,13+,15-/m0/s1. The fourth-order valence-electron chi connectivity index (χ4n) is 2.86. The van der Waals surface area contributed by atoms with Crippen LogP contribution in [0, 0.1) is 16.7 Å². The minimum Gasteiger partial charge on any atom is -0.480 e. The van der Waals surface area contributed by atoms with E-state index in [0.717, 1.165) is 12.0 Å². The number of benzene rings is 1. The topological polar surface area (TPSA) is 95.2 Å². The molecule has 3 atom stereocenters. The average molecular weight is 307 g/mol. The Balaban J connectivity index is 2.50. The van der Waals surface area contributed by atoms with Crippen molar-refractivity contribution in [1.82, 2.24) is 0 Å². The molecule has 0 spiro atoms. The van der Waals surface area contributed by atoms with Crippen LogP contribution in [0.15, 0.2) is 24.3 Å². The molecular formula is C15H17NO4S. The highest BCUT2D eigenvalue weighted by molar-refractivity contribution is 7.92. The van der Waals surface area contributed by atoms with Crippen molar-refractivity contribution in [2.45, 2.75) is 31.4 Å². The van der Waals surface area contributed by atoms with E-state index in [9.17, 15) is 23.6 Å². The number of nitrogens with zero attached hydrogens (tertiary/aromatic N) is 1. The summed E-state index contributed by atoms with van der Waals surface area (Å²) in [6, 6.07) is 8.87. The van der Waals surface area contributed by atoms with E-state index in [4.69, 9.17) is 0 Å². The van der Waals surface area contributed by atoms with Gasteiger partial charge < -0.3 is 5.11 Å². The third kappa shape index (κ3) is 2.22. The van der Waals surface area contributed by atoms with E-state index >= 15 is 0 Å². The van der Waals surface area contributed by atoms with E-state index in [1.54, 1.807) is 18.2 Å². The number of aliphatic carboxylic acids is 1. The van der Waals surface area contributed by atoms with Crippen molar-refractivity contribution >= 4 is 15.8 Å². The molecule has 0 amide bonds. The molecule has 0 aromatic heterocycles. The lowest BCUT2D eigenvalue weighted by Crippen LogP contribution is -2.23. The van der Waals surface area contributed by atoms with Crippen LogP contribution in [0.25, 0.3) is 0 Å². The molecule has 1 N–H and O–H groups in total. The number of rotatable bonds is 5. The van der Waals surface area contributed by atoms with Crippen LogP contribution >= 0.6 is 0 Å². The summed E-state index contributed by atoms with van der Waals surface area (Å²) in [6.07, 6.45) is 0.837. The first kappa shape index (κ1) is 15.5. The molecule has 0 radical (unpaired) electrons. The van der Waals surface area contributed by atoms with Gasteiger partial charge in [-0.3, -0.25) is 4.79 Å². The van der Waals surface area contributed by atoms with E-state index in [2.05, 4.69) is 0 Å². The molecule has 0 saturated heterocycles. The van der Waals surface area contributed by atoms with Crippen molar-refractivity contribution in [3.63, 3.8) is 0 Å².